The summed E-state index contributed by atoms with van der Waals surface area (Å²) in [5.41, 5.74) is 10.2. The number of nitrogens with two attached hydrogens (primary N) is 2. The molecule has 0 aromatic heterocycles. The zero-order chi connectivity index (χ0) is 69.6. The molecule has 2 unspecified atom stereocenters. The van der Waals surface area contributed by atoms with Gasteiger partial charge >= 0.3 is 65.9 Å². The molecule has 0 radical (unpaired) electrons. The Bertz CT molecular complexity index is 3200. The molecule has 4 fully saturated rings. The molecule has 4 aromatic rings. The molecule has 0 bridgehead atoms. The molecule has 0 spiro atoms. The van der Waals surface area contributed by atoms with Gasteiger partial charge in [0.1, 0.15) is 19.6 Å². The summed E-state index contributed by atoms with van der Waals surface area (Å²) >= 11 is 25.6. The number of aliphatic hydroxyl groups is 1. The average molecular weight is 1600 g/mol. The summed E-state index contributed by atoms with van der Waals surface area (Å²) < 4.78 is 152. The van der Waals surface area contributed by atoms with Crippen LogP contribution in [0.3, 0.4) is 0 Å². The number of rotatable bonds is 12. The Kier molecular flexibility index (Phi) is 32.3. The van der Waals surface area contributed by atoms with Crippen molar-refractivity contribution in [2.75, 3.05) is 52.8 Å². The van der Waals surface area contributed by atoms with Crippen molar-refractivity contribution in [1.29, 1.82) is 0 Å². The standard InChI is InChI=1S/C17H20ClF3N2O.2C13H12ClF3N2O2.C10H10ClNO.C4H9.C2H4F3N.CH3I.BrH.Mg/c1-10(2)8-16(11-3-4-11)13-7-12(18)5-6-14(13)22-15(24)23(16)9-17(19,20)21;14-8-3-4-10-9(5-8)13(21,7-1-2-7)19(11(20)18-10)6-12(15,16)17;14-8-3-4-10(9(5-8)11(20)7-1-2-7)19-12(21)18-6-13(15,16)17;11-7-3-4-9(12)8(5-7)10(13)6-1-2-6;1-4(2)3;3-2(4,5)1-6;1-2;;/h5-7,10-11H,3-4,8-9H2,1-2H3,(H,22,24);3-5,7,21H,1-2,6H2,(H,18,20);3-5,7H,1-2,6H2,(H2,18,19,21);3-6H,1-2,12H2;4H,1H2,2-3H3;1,6H2;1H3;1H;/q;;;;-1;;;;+2/p-1/i;;;;;;1D;;. The predicted octanol–water partition coefficient (Wildman–Crippen LogP) is 14.5. The number of ketones is 2. The molecule has 14 nitrogen and oxygen atoms in total. The van der Waals surface area contributed by atoms with Crippen molar-refractivity contribution >= 4 is 144 Å². The van der Waals surface area contributed by atoms with Gasteiger partial charge in [0.15, 0.2) is 17.3 Å². The summed E-state index contributed by atoms with van der Waals surface area (Å²) in [6.07, 6.45) is -11.0. The summed E-state index contributed by atoms with van der Waals surface area (Å²) in [4.78, 5) is 61.6. The molecule has 6 aliphatic rings. The number of benzene rings is 4. The molecule has 10 rings (SSSR count). The van der Waals surface area contributed by atoms with Gasteiger partial charge in [0.25, 0.3) is 0 Å². The van der Waals surface area contributed by atoms with Gasteiger partial charge in [-0.15, -0.1) is 0 Å². The number of anilines is 4. The zero-order valence-electron chi connectivity index (χ0n) is 51.5. The molecule has 2 aliphatic heterocycles. The van der Waals surface area contributed by atoms with Crippen molar-refractivity contribution < 1.29 is 100 Å². The van der Waals surface area contributed by atoms with Gasteiger partial charge < -0.3 is 66.6 Å². The number of nitrogen functional groups attached to an aromatic ring is 1. The van der Waals surface area contributed by atoms with E-state index in [0.29, 0.717) is 72.6 Å². The van der Waals surface area contributed by atoms with Crippen LogP contribution in [0.1, 0.15) is 119 Å². The molecule has 6 amide bonds. The number of halogens is 18. The molecule has 4 aliphatic carbocycles. The Hall–Kier alpha value is -3.95. The van der Waals surface area contributed by atoms with Gasteiger partial charge in [0.2, 0.25) is 0 Å². The van der Waals surface area contributed by atoms with Crippen LogP contribution < -0.4 is 49.7 Å². The summed E-state index contributed by atoms with van der Waals surface area (Å²) in [5.74, 6) is 0.416. The van der Waals surface area contributed by atoms with E-state index in [2.05, 4.69) is 42.5 Å². The van der Waals surface area contributed by atoms with Crippen LogP contribution in [0.2, 0.25) is 20.1 Å². The Labute approximate surface area is 592 Å². The third kappa shape index (κ3) is 26.8. The summed E-state index contributed by atoms with van der Waals surface area (Å²) in [6.45, 7) is 6.23. The van der Waals surface area contributed by atoms with Crippen molar-refractivity contribution in [3.05, 3.63) is 122 Å². The largest absolute Gasteiger partial charge is 2.00 e. The van der Waals surface area contributed by atoms with Crippen LogP contribution in [0.25, 0.3) is 0 Å². The van der Waals surface area contributed by atoms with Gasteiger partial charge in [-0.3, -0.25) is 14.5 Å². The molecule has 4 saturated carbocycles. The first-order valence-corrected chi connectivity index (χ1v) is 31.2. The fourth-order valence-corrected chi connectivity index (χ4v) is 10.3. The molecular weight excluding hydrogens is 1530 g/mol. The minimum atomic E-state index is -4.60. The molecule has 2 atom stereocenters. The molecule has 514 valence electrons. The van der Waals surface area contributed by atoms with Gasteiger partial charge in [0.05, 0.1) is 23.5 Å². The van der Waals surface area contributed by atoms with E-state index in [-0.39, 0.29) is 103 Å². The normalized spacial score (nSPS) is 18.9. The Morgan fingerprint density at radius 2 is 1.05 bits per heavy atom. The number of carbonyl (C=O) groups excluding carboxylic acids is 5. The van der Waals surface area contributed by atoms with E-state index in [4.69, 9.17) is 53.5 Å². The quantitative estimate of drug-likeness (QED) is 0.0138. The van der Waals surface area contributed by atoms with Crippen LogP contribution in [0.5, 0.6) is 0 Å². The van der Waals surface area contributed by atoms with E-state index in [1.807, 2.05) is 36.4 Å². The zero-order valence-corrected chi connectivity index (χ0v) is 58.7. The SMILES string of the molecule is CC(C)CC1(C2CC2)c2cc(Cl)ccc2NC(=O)N1CC(F)(F)F.NCC(F)(F)F.Nc1ccc(Cl)cc1C(=O)C1CC1.O=C(NCC(F)(F)F)Nc1ccc(Cl)cc1C(=O)C1CC1.O=C1Nc2ccc(Cl)cc2C(O)(C2CC2)N1CC(F)(F)F.[2H]CI.[Br-].[CH2-]C(C)C.[Mg+2]. The molecule has 9 N–H and O–H groups in total. The summed E-state index contributed by atoms with van der Waals surface area (Å²) in [6, 6.07) is 16.0. The second-order valence-electron chi connectivity index (χ2n) is 22.8. The number of alkyl halides is 13. The Morgan fingerprint density at radius 1 is 0.667 bits per heavy atom. The predicted molar refractivity (Wildman–Crippen MR) is 342 cm³/mol. The second kappa shape index (κ2) is 36.0. The first-order valence-electron chi connectivity index (χ1n) is 28.8. The number of nitrogens with zero attached hydrogens (tertiary/aromatic N) is 2. The van der Waals surface area contributed by atoms with Gasteiger partial charge in [-0.2, -0.15) is 58.6 Å². The van der Waals surface area contributed by atoms with Crippen molar-refractivity contribution in [2.24, 2.45) is 41.2 Å². The van der Waals surface area contributed by atoms with E-state index >= 15 is 0 Å². The first kappa shape index (κ1) is 83.3. The van der Waals surface area contributed by atoms with Crippen LogP contribution in [-0.4, -0.2) is 123 Å². The van der Waals surface area contributed by atoms with Crippen LogP contribution in [0.15, 0.2) is 72.8 Å². The van der Waals surface area contributed by atoms with Crippen molar-refractivity contribution in [1.82, 2.24) is 15.1 Å². The van der Waals surface area contributed by atoms with Crippen molar-refractivity contribution in [2.45, 2.75) is 121 Å². The van der Waals surface area contributed by atoms with Gasteiger partial charge in [0, 0.05) is 72.8 Å². The van der Waals surface area contributed by atoms with E-state index in [9.17, 15) is 81.8 Å². The number of hydrogen-bond donors (Lipinski definition) is 7. The van der Waals surface area contributed by atoms with E-state index in [1.54, 1.807) is 41.7 Å². The molecule has 4 aromatic carbocycles. The van der Waals surface area contributed by atoms with Gasteiger partial charge in [-0.05, 0) is 147 Å². The number of nitrogens with one attached hydrogen (secondary N) is 4. The number of fused-ring (bicyclic) bond motifs is 2. The van der Waals surface area contributed by atoms with Crippen LogP contribution >= 0.6 is 69.0 Å². The molecule has 93 heavy (non-hydrogen) atoms. The average Bonchev–Trinajstić information content (AvgIpc) is 1.46. The maximum Gasteiger partial charge on any atom is 2.00 e. The third-order valence-corrected chi connectivity index (χ3v) is 14.8. The van der Waals surface area contributed by atoms with Gasteiger partial charge in [-0.1, -0.05) is 96.7 Å². The van der Waals surface area contributed by atoms with Crippen LogP contribution in [0, 0.1) is 42.4 Å². The topological polar surface area (TPSA) is 212 Å². The summed E-state index contributed by atoms with van der Waals surface area (Å²) in [5, 5.41) is 21.4. The summed E-state index contributed by atoms with van der Waals surface area (Å²) in [7, 11) is 0. The monoisotopic (exact) mass is 1600 g/mol. The first-order chi connectivity index (χ1) is 42.5. The maximum absolute atomic E-state index is 13.2. The second-order valence-corrected chi connectivity index (χ2v) is 24.5. The number of amides is 6. The number of urea groups is 3. The van der Waals surface area contributed by atoms with E-state index in [1.165, 1.54) is 36.4 Å². The fraction of sp³-hybridized carbons (Fsp3) is 0.500. The number of hydrogen-bond acceptors (Lipinski definition) is 8. The molecular formula is C60H70BrCl4F12IMgN8O6. The number of Topliss-reactive ketones (excluding diaryl/α,β-unsaturated/α-hetero) is 2. The molecule has 2 heterocycles. The van der Waals surface area contributed by atoms with Crippen LogP contribution in [0.4, 0.5) is 89.8 Å². The smallest absolute Gasteiger partial charge is 1.00 e. The minimum Gasteiger partial charge on any atom is -1.00 e. The van der Waals surface area contributed by atoms with Gasteiger partial charge in [-0.25, -0.2) is 14.4 Å². The molecule has 33 heteroatoms. The number of carbonyl (C=O) groups is 5. The van der Waals surface area contributed by atoms with Crippen molar-refractivity contribution in [3.63, 3.8) is 0 Å². The Balaban J connectivity index is 0.000000403. The Morgan fingerprint density at radius 3 is 1.47 bits per heavy atom. The van der Waals surface area contributed by atoms with Crippen molar-refractivity contribution in [3.8, 4) is 0 Å². The minimum absolute atomic E-state index is 0. The van der Waals surface area contributed by atoms with E-state index in [0.717, 1.165) is 43.4 Å². The maximum atomic E-state index is 13.2. The third-order valence-electron chi connectivity index (χ3n) is 13.8. The van der Waals surface area contributed by atoms with E-state index < -0.39 is 86.2 Å². The van der Waals surface area contributed by atoms with Crippen LogP contribution in [-0.2, 0) is 11.3 Å². The molecule has 0 saturated heterocycles. The fourth-order valence-electron chi connectivity index (χ4n) is 9.66.